The predicted molar refractivity (Wildman–Crippen MR) is 118 cm³/mol. The third-order valence-corrected chi connectivity index (χ3v) is 5.29. The van der Waals surface area contributed by atoms with Crippen LogP contribution >= 0.6 is 0 Å². The Kier molecular flexibility index (Phi) is 10.8. The molecule has 0 bridgehead atoms. The number of nitrogens with zero attached hydrogens (tertiary/aromatic N) is 3. The number of carboxylic acids is 2. The van der Waals surface area contributed by atoms with Crippen LogP contribution in [-0.4, -0.2) is 80.8 Å². The summed E-state index contributed by atoms with van der Waals surface area (Å²) in [5, 5.41) is 14.2. The van der Waals surface area contributed by atoms with Gasteiger partial charge in [0.1, 0.15) is 12.2 Å². The molecule has 2 aromatic rings. The number of rotatable bonds is 4. The highest BCUT2D eigenvalue weighted by atomic mass is 19.4. The quantitative estimate of drug-likeness (QED) is 0.544. The van der Waals surface area contributed by atoms with E-state index in [0.717, 1.165) is 43.9 Å². The van der Waals surface area contributed by atoms with Crippen LogP contribution in [0.2, 0.25) is 0 Å². The highest BCUT2D eigenvalue weighted by Crippen LogP contribution is 2.32. The van der Waals surface area contributed by atoms with Gasteiger partial charge in [0.2, 0.25) is 5.88 Å². The Balaban J connectivity index is 0.000000301. The fourth-order valence-corrected chi connectivity index (χ4v) is 3.76. The van der Waals surface area contributed by atoms with E-state index in [2.05, 4.69) is 27.0 Å². The van der Waals surface area contributed by atoms with E-state index in [-0.39, 0.29) is 12.2 Å². The number of ether oxygens (including phenoxy) is 2. The summed E-state index contributed by atoms with van der Waals surface area (Å²) in [6.45, 7) is 4.54. The minimum atomic E-state index is -5.08. The minimum Gasteiger partial charge on any atom is -0.475 e. The normalized spacial score (nSPS) is 21.2. The smallest absolute Gasteiger partial charge is 0.475 e. The Hall–Kier alpha value is -3.46. The number of aromatic nitrogens is 2. The van der Waals surface area contributed by atoms with Crippen LogP contribution in [0.15, 0.2) is 42.6 Å². The molecule has 38 heavy (non-hydrogen) atoms. The van der Waals surface area contributed by atoms with Crippen LogP contribution < -0.4 is 4.74 Å². The van der Waals surface area contributed by atoms with Crippen LogP contribution in [0.3, 0.4) is 0 Å². The second-order valence-electron chi connectivity index (χ2n) is 8.17. The van der Waals surface area contributed by atoms with Gasteiger partial charge in [0.05, 0.1) is 5.69 Å². The molecule has 210 valence electrons. The zero-order valence-electron chi connectivity index (χ0n) is 19.9. The third kappa shape index (κ3) is 9.78. The van der Waals surface area contributed by atoms with E-state index in [0.29, 0.717) is 11.9 Å². The summed E-state index contributed by atoms with van der Waals surface area (Å²) in [7, 11) is 0. The fourth-order valence-electron chi connectivity index (χ4n) is 3.76. The molecule has 0 saturated carbocycles. The first-order valence-electron chi connectivity index (χ1n) is 11.1. The lowest BCUT2D eigenvalue weighted by Crippen LogP contribution is -2.42. The summed E-state index contributed by atoms with van der Waals surface area (Å²) in [6, 6.07) is 12.4. The highest BCUT2D eigenvalue weighted by Gasteiger charge is 2.45. The van der Waals surface area contributed by atoms with E-state index in [1.807, 2.05) is 31.2 Å². The zero-order chi connectivity index (χ0) is 28.5. The number of pyridine rings is 2. The second-order valence-corrected chi connectivity index (χ2v) is 8.17. The monoisotopic (exact) mass is 553 g/mol. The van der Waals surface area contributed by atoms with Crippen molar-refractivity contribution >= 4 is 11.9 Å². The van der Waals surface area contributed by atoms with E-state index >= 15 is 0 Å². The number of aryl methyl sites for hydroxylation is 1. The van der Waals surface area contributed by atoms with Crippen molar-refractivity contribution in [3.05, 3.63) is 54.0 Å². The van der Waals surface area contributed by atoms with Gasteiger partial charge in [-0.2, -0.15) is 26.3 Å². The molecule has 0 unspecified atom stereocenters. The van der Waals surface area contributed by atoms with Crippen molar-refractivity contribution < 1.29 is 55.6 Å². The minimum absolute atomic E-state index is 0.0232. The Morgan fingerprint density at radius 2 is 1.68 bits per heavy atom. The number of halogens is 6. The fraction of sp³-hybridized carbons (Fsp3) is 0.478. The standard InChI is InChI=1S/C19H23N3O2.2C2HF3O2/c1-14-6-4-7-15(21-14)12-22-13-17(19-16(22)8-5-11-23-19)24-18-9-2-3-10-20-18;2*3-2(4,5)1(6)7/h2-4,6-7,9-10,16-17,19H,5,8,11-13H2,1H3;2*(H,6,7)/t16-,17+,19+;;/m1../s1. The van der Waals surface area contributed by atoms with Gasteiger partial charge >= 0.3 is 24.3 Å². The molecule has 4 rings (SSSR count). The molecular weight excluding hydrogens is 528 g/mol. The molecule has 0 aliphatic carbocycles. The maximum atomic E-state index is 10.6. The van der Waals surface area contributed by atoms with Gasteiger partial charge in [-0.05, 0) is 38.0 Å². The SMILES string of the molecule is Cc1cccc(CN2C[C@H](Oc3ccccn3)[C@H]3OCCC[C@H]32)n1.O=C(O)C(F)(F)F.O=C(O)C(F)(F)F. The van der Waals surface area contributed by atoms with Crippen molar-refractivity contribution in [2.45, 2.75) is 56.9 Å². The summed E-state index contributed by atoms with van der Waals surface area (Å²) in [5.41, 5.74) is 2.17. The molecule has 0 amide bonds. The van der Waals surface area contributed by atoms with E-state index in [1.54, 1.807) is 6.20 Å². The molecule has 2 aliphatic heterocycles. The van der Waals surface area contributed by atoms with Crippen molar-refractivity contribution in [2.24, 2.45) is 0 Å². The lowest BCUT2D eigenvalue weighted by atomic mass is 10.0. The maximum absolute atomic E-state index is 10.6. The van der Waals surface area contributed by atoms with Crippen LogP contribution in [-0.2, 0) is 20.9 Å². The molecule has 9 nitrogen and oxygen atoms in total. The van der Waals surface area contributed by atoms with Crippen molar-refractivity contribution in [3.63, 3.8) is 0 Å². The Labute approximate surface area is 213 Å². The number of likely N-dealkylation sites (tertiary alicyclic amines) is 1. The summed E-state index contributed by atoms with van der Waals surface area (Å²) in [5.74, 6) is -4.84. The second kappa shape index (κ2) is 13.4. The number of aliphatic carboxylic acids is 2. The van der Waals surface area contributed by atoms with Crippen molar-refractivity contribution in [2.75, 3.05) is 13.2 Å². The van der Waals surface area contributed by atoms with Crippen LogP contribution in [0, 0.1) is 6.92 Å². The molecule has 4 heterocycles. The van der Waals surface area contributed by atoms with Gasteiger partial charge in [0.15, 0.2) is 0 Å². The molecule has 0 spiro atoms. The third-order valence-electron chi connectivity index (χ3n) is 5.29. The average Bonchev–Trinajstić information content (AvgIpc) is 3.16. The zero-order valence-corrected chi connectivity index (χ0v) is 19.9. The maximum Gasteiger partial charge on any atom is 0.490 e. The van der Waals surface area contributed by atoms with Crippen LogP contribution in [0.25, 0.3) is 0 Å². The first-order valence-corrected chi connectivity index (χ1v) is 11.1. The van der Waals surface area contributed by atoms with Crippen molar-refractivity contribution in [3.8, 4) is 5.88 Å². The Morgan fingerprint density at radius 3 is 2.21 bits per heavy atom. The number of alkyl halides is 6. The van der Waals surface area contributed by atoms with Crippen LogP contribution in [0.1, 0.15) is 24.2 Å². The largest absolute Gasteiger partial charge is 0.490 e. The van der Waals surface area contributed by atoms with Gasteiger partial charge in [-0.3, -0.25) is 9.88 Å². The Bertz CT molecular complexity index is 1030. The van der Waals surface area contributed by atoms with E-state index in [1.165, 1.54) is 0 Å². The van der Waals surface area contributed by atoms with Crippen molar-refractivity contribution in [1.82, 2.24) is 14.9 Å². The van der Waals surface area contributed by atoms with Crippen molar-refractivity contribution in [1.29, 1.82) is 0 Å². The summed E-state index contributed by atoms with van der Waals surface area (Å²) >= 11 is 0. The molecule has 0 radical (unpaired) electrons. The number of hydrogen-bond donors (Lipinski definition) is 2. The van der Waals surface area contributed by atoms with Gasteiger partial charge in [0, 0.05) is 43.7 Å². The van der Waals surface area contributed by atoms with E-state index < -0.39 is 24.3 Å². The highest BCUT2D eigenvalue weighted by molar-refractivity contribution is 5.73. The topological polar surface area (TPSA) is 122 Å². The summed E-state index contributed by atoms with van der Waals surface area (Å²) in [4.78, 5) is 29.2. The van der Waals surface area contributed by atoms with E-state index in [9.17, 15) is 26.3 Å². The average molecular weight is 553 g/mol. The Morgan fingerprint density at radius 1 is 1.05 bits per heavy atom. The van der Waals surface area contributed by atoms with Gasteiger partial charge < -0.3 is 19.7 Å². The molecule has 2 N–H and O–H groups in total. The molecule has 15 heteroatoms. The van der Waals surface area contributed by atoms with Gasteiger partial charge in [-0.25, -0.2) is 14.6 Å². The van der Waals surface area contributed by atoms with E-state index in [4.69, 9.17) is 29.3 Å². The molecule has 0 aromatic carbocycles. The van der Waals surface area contributed by atoms with Gasteiger partial charge in [-0.15, -0.1) is 0 Å². The molecular formula is C23H25F6N3O6. The van der Waals surface area contributed by atoms with Gasteiger partial charge in [0.25, 0.3) is 0 Å². The molecule has 3 atom stereocenters. The lowest BCUT2D eigenvalue weighted by molar-refractivity contribution is -0.193. The first-order chi connectivity index (χ1) is 17.7. The van der Waals surface area contributed by atoms with Gasteiger partial charge in [-0.1, -0.05) is 12.1 Å². The number of fused-ring (bicyclic) bond motifs is 1. The summed E-state index contributed by atoms with van der Waals surface area (Å²) in [6.07, 6.45) is -6.01. The lowest BCUT2D eigenvalue weighted by Gasteiger charge is -2.32. The molecule has 2 saturated heterocycles. The molecule has 2 aromatic heterocycles. The molecule has 2 fully saturated rings. The predicted octanol–water partition coefficient (Wildman–Crippen LogP) is 3.86. The number of hydrogen-bond acceptors (Lipinski definition) is 7. The number of carbonyl (C=O) groups is 2. The molecule has 2 aliphatic rings. The van der Waals surface area contributed by atoms with Crippen LogP contribution in [0.4, 0.5) is 26.3 Å². The first kappa shape index (κ1) is 30.8. The number of carboxylic acid groups (broad SMARTS) is 2. The van der Waals surface area contributed by atoms with Crippen LogP contribution in [0.5, 0.6) is 5.88 Å². The summed E-state index contributed by atoms with van der Waals surface area (Å²) < 4.78 is 75.7.